The summed E-state index contributed by atoms with van der Waals surface area (Å²) in [4.78, 5) is 16.5. The highest BCUT2D eigenvalue weighted by atomic mass is 79.9. The number of rotatable bonds is 5. The van der Waals surface area contributed by atoms with Crippen LogP contribution in [0.4, 0.5) is 0 Å². The number of halogens is 1. The van der Waals surface area contributed by atoms with E-state index in [1.54, 1.807) is 18.3 Å². The molecule has 0 atom stereocenters. The zero-order valence-corrected chi connectivity index (χ0v) is 14.5. The average molecular weight is 382 g/mol. The first-order valence-corrected chi connectivity index (χ1v) is 8.44. The highest BCUT2D eigenvalue weighted by Crippen LogP contribution is 2.29. The van der Waals surface area contributed by atoms with Crippen molar-refractivity contribution >= 4 is 21.9 Å². The largest absolute Gasteiger partial charge is 0.424 e. The van der Waals surface area contributed by atoms with Crippen LogP contribution in [-0.4, -0.2) is 11.0 Å². The van der Waals surface area contributed by atoms with Crippen molar-refractivity contribution < 1.29 is 9.53 Å². The van der Waals surface area contributed by atoms with Crippen molar-refractivity contribution in [1.82, 2.24) is 4.98 Å². The van der Waals surface area contributed by atoms with Gasteiger partial charge in [-0.1, -0.05) is 60.7 Å². The van der Waals surface area contributed by atoms with Crippen LogP contribution < -0.4 is 4.74 Å². The fourth-order valence-corrected chi connectivity index (χ4v) is 2.91. The third kappa shape index (κ3) is 4.09. The Hall–Kier alpha value is -2.46. The molecule has 120 valence electrons. The summed E-state index contributed by atoms with van der Waals surface area (Å²) >= 11 is 3.29. The summed E-state index contributed by atoms with van der Waals surface area (Å²) in [5.74, 6) is 0.0964. The molecule has 0 aliphatic rings. The van der Waals surface area contributed by atoms with Gasteiger partial charge in [-0.15, -0.1) is 0 Å². The molecule has 0 saturated heterocycles. The van der Waals surface area contributed by atoms with Crippen LogP contribution in [0.3, 0.4) is 0 Å². The van der Waals surface area contributed by atoms with Gasteiger partial charge in [0.25, 0.3) is 0 Å². The molecule has 0 N–H and O–H groups in total. The number of hydrogen-bond acceptors (Lipinski definition) is 3. The molecule has 3 aromatic rings. The minimum atomic E-state index is -0.290. The average Bonchev–Trinajstić information content (AvgIpc) is 2.63. The molecule has 0 unspecified atom stereocenters. The van der Waals surface area contributed by atoms with Gasteiger partial charge in [-0.2, -0.15) is 0 Å². The van der Waals surface area contributed by atoms with Gasteiger partial charge >= 0.3 is 5.97 Å². The second-order valence-corrected chi connectivity index (χ2v) is 6.10. The molecule has 0 amide bonds. The van der Waals surface area contributed by atoms with Crippen molar-refractivity contribution in [2.24, 2.45) is 0 Å². The summed E-state index contributed by atoms with van der Waals surface area (Å²) in [7, 11) is 0. The van der Waals surface area contributed by atoms with Crippen LogP contribution in [-0.2, 0) is 4.79 Å². The van der Waals surface area contributed by atoms with Crippen molar-refractivity contribution in [1.29, 1.82) is 0 Å². The molecule has 0 aliphatic heterocycles. The first kappa shape index (κ1) is 16.4. The third-order valence-corrected chi connectivity index (χ3v) is 4.32. The van der Waals surface area contributed by atoms with Gasteiger partial charge in [-0.25, -0.2) is 4.98 Å². The fourth-order valence-electron chi connectivity index (χ4n) is 2.58. The molecule has 0 aliphatic carbocycles. The SMILES string of the molecule is O=C(CC(c1ccccc1)c1ccccc1)Oc1cccnc1Br. The molecule has 0 radical (unpaired) electrons. The number of carbonyl (C=O) groups excluding carboxylic acids is 1. The van der Waals surface area contributed by atoms with E-state index in [2.05, 4.69) is 20.9 Å². The van der Waals surface area contributed by atoms with Gasteiger partial charge in [-0.05, 0) is 39.2 Å². The molecular formula is C20H16BrNO2. The van der Waals surface area contributed by atoms with E-state index >= 15 is 0 Å². The zero-order chi connectivity index (χ0) is 16.8. The lowest BCUT2D eigenvalue weighted by atomic mass is 9.89. The highest BCUT2D eigenvalue weighted by Gasteiger charge is 2.20. The van der Waals surface area contributed by atoms with Crippen LogP contribution in [0.1, 0.15) is 23.5 Å². The summed E-state index contributed by atoms with van der Waals surface area (Å²) in [6.45, 7) is 0. The van der Waals surface area contributed by atoms with Crippen LogP contribution in [0.2, 0.25) is 0 Å². The minimum Gasteiger partial charge on any atom is -0.424 e. The Bertz CT molecular complexity index is 767. The van der Waals surface area contributed by atoms with Crippen molar-refractivity contribution in [2.75, 3.05) is 0 Å². The number of nitrogens with zero attached hydrogens (tertiary/aromatic N) is 1. The van der Waals surface area contributed by atoms with E-state index in [1.165, 1.54) is 0 Å². The second kappa shape index (κ2) is 7.88. The molecule has 1 heterocycles. The van der Waals surface area contributed by atoms with Gasteiger partial charge in [0, 0.05) is 12.1 Å². The number of esters is 1. The Labute approximate surface area is 149 Å². The summed E-state index contributed by atoms with van der Waals surface area (Å²) < 4.78 is 5.99. The predicted molar refractivity (Wildman–Crippen MR) is 96.9 cm³/mol. The summed E-state index contributed by atoms with van der Waals surface area (Å²) in [5.41, 5.74) is 2.18. The van der Waals surface area contributed by atoms with E-state index in [-0.39, 0.29) is 18.3 Å². The number of hydrogen-bond donors (Lipinski definition) is 0. The summed E-state index contributed by atoms with van der Waals surface area (Å²) in [6.07, 6.45) is 1.90. The molecule has 2 aromatic carbocycles. The van der Waals surface area contributed by atoms with Crippen molar-refractivity contribution in [3.05, 3.63) is 94.7 Å². The van der Waals surface area contributed by atoms with Crippen LogP contribution in [0, 0.1) is 0 Å². The lowest BCUT2D eigenvalue weighted by Gasteiger charge is -2.17. The predicted octanol–water partition coefficient (Wildman–Crippen LogP) is 4.97. The maximum Gasteiger partial charge on any atom is 0.312 e. The van der Waals surface area contributed by atoms with Crippen LogP contribution in [0.25, 0.3) is 0 Å². The Kier molecular flexibility index (Phi) is 5.39. The minimum absolute atomic E-state index is 0.0460. The van der Waals surface area contributed by atoms with E-state index in [1.807, 2.05) is 60.7 Å². The highest BCUT2D eigenvalue weighted by molar-refractivity contribution is 9.10. The van der Waals surface area contributed by atoms with Gasteiger partial charge in [-0.3, -0.25) is 4.79 Å². The standard InChI is InChI=1S/C20H16BrNO2/c21-20-18(12-7-13-22-20)24-19(23)14-17(15-8-3-1-4-9-15)16-10-5-2-6-11-16/h1-13,17H,14H2. The normalized spacial score (nSPS) is 10.6. The van der Waals surface area contributed by atoms with Crippen molar-refractivity contribution in [2.45, 2.75) is 12.3 Å². The fraction of sp³-hybridized carbons (Fsp3) is 0.100. The van der Waals surface area contributed by atoms with Crippen LogP contribution in [0.15, 0.2) is 83.6 Å². The summed E-state index contributed by atoms with van der Waals surface area (Å²) in [6, 6.07) is 23.4. The molecule has 4 heteroatoms. The number of aromatic nitrogens is 1. The zero-order valence-electron chi connectivity index (χ0n) is 12.9. The van der Waals surface area contributed by atoms with Gasteiger partial charge in [0.05, 0.1) is 6.42 Å². The molecule has 3 rings (SSSR count). The molecule has 24 heavy (non-hydrogen) atoms. The van der Waals surface area contributed by atoms with E-state index in [4.69, 9.17) is 4.74 Å². The Balaban J connectivity index is 1.82. The molecular weight excluding hydrogens is 366 g/mol. The van der Waals surface area contributed by atoms with Gasteiger partial charge in [0.2, 0.25) is 0 Å². The first-order valence-electron chi connectivity index (χ1n) is 7.65. The quantitative estimate of drug-likeness (QED) is 0.462. The van der Waals surface area contributed by atoms with Gasteiger partial charge < -0.3 is 4.74 Å². The number of ether oxygens (including phenoxy) is 1. The second-order valence-electron chi connectivity index (χ2n) is 5.34. The Morgan fingerprint density at radius 2 is 1.50 bits per heavy atom. The maximum atomic E-state index is 12.5. The maximum absolute atomic E-state index is 12.5. The van der Waals surface area contributed by atoms with E-state index in [0.717, 1.165) is 11.1 Å². The number of carbonyl (C=O) groups is 1. The molecule has 0 saturated carbocycles. The first-order chi connectivity index (χ1) is 11.7. The van der Waals surface area contributed by atoms with E-state index in [9.17, 15) is 4.79 Å². The van der Waals surface area contributed by atoms with Gasteiger partial charge in [0.15, 0.2) is 5.75 Å². The van der Waals surface area contributed by atoms with Crippen LogP contribution >= 0.6 is 15.9 Å². The molecule has 0 fully saturated rings. The smallest absolute Gasteiger partial charge is 0.312 e. The molecule has 3 nitrogen and oxygen atoms in total. The van der Waals surface area contributed by atoms with Crippen LogP contribution in [0.5, 0.6) is 5.75 Å². The Morgan fingerprint density at radius 3 is 2.04 bits per heavy atom. The lowest BCUT2D eigenvalue weighted by molar-refractivity contribution is -0.134. The topological polar surface area (TPSA) is 39.2 Å². The molecule has 1 aromatic heterocycles. The van der Waals surface area contributed by atoms with Crippen molar-refractivity contribution in [3.8, 4) is 5.75 Å². The third-order valence-electron chi connectivity index (χ3n) is 3.72. The number of pyridine rings is 1. The number of benzene rings is 2. The van der Waals surface area contributed by atoms with E-state index < -0.39 is 0 Å². The Morgan fingerprint density at radius 1 is 0.917 bits per heavy atom. The monoisotopic (exact) mass is 381 g/mol. The van der Waals surface area contributed by atoms with E-state index in [0.29, 0.717) is 10.4 Å². The van der Waals surface area contributed by atoms with Crippen molar-refractivity contribution in [3.63, 3.8) is 0 Å². The summed E-state index contributed by atoms with van der Waals surface area (Å²) in [5, 5.41) is 0. The molecule has 0 bridgehead atoms. The molecule has 0 spiro atoms. The lowest BCUT2D eigenvalue weighted by Crippen LogP contribution is -2.14. The van der Waals surface area contributed by atoms with Gasteiger partial charge in [0.1, 0.15) is 4.60 Å².